The third-order valence-electron chi connectivity index (χ3n) is 16.1. The van der Waals surface area contributed by atoms with Crippen molar-refractivity contribution in [1.82, 2.24) is 0 Å². The maximum Gasteiger partial charge on any atom is 2.00 e. The third kappa shape index (κ3) is 48.7. The fourth-order valence-electron chi connectivity index (χ4n) is 10.7. The van der Waals surface area contributed by atoms with Crippen LogP contribution in [0.1, 0.15) is 352 Å². The molecule has 0 fully saturated rings. The van der Waals surface area contributed by atoms with Gasteiger partial charge in [0.05, 0.1) is 58.5 Å². The maximum absolute atomic E-state index is 12.9. The molecule has 0 unspecified atom stereocenters. The molecule has 0 aromatic heterocycles. The Morgan fingerprint density at radius 2 is 0.495 bits per heavy atom. The van der Waals surface area contributed by atoms with E-state index < -0.39 is 65.0 Å². The Morgan fingerprint density at radius 1 is 0.301 bits per heavy atom. The number of carbonyl (C=O) groups is 4. The van der Waals surface area contributed by atoms with Gasteiger partial charge in [0.25, 0.3) is 0 Å². The largest absolute Gasteiger partial charge is 2.00 e. The Labute approximate surface area is 595 Å². The topological polar surface area (TPSA) is 220 Å². The van der Waals surface area contributed by atoms with Gasteiger partial charge >= 0.3 is 61.6 Å². The van der Waals surface area contributed by atoms with E-state index >= 15 is 0 Å². The molecule has 0 saturated heterocycles. The van der Waals surface area contributed by atoms with Crippen LogP contribution in [0.4, 0.5) is 0 Å². The average molecular weight is 1360 g/mol. The second-order valence-electron chi connectivity index (χ2n) is 24.3. The standard InChI is InChI=1S/2C38H62O7S.Ca/c2*1-3-5-7-9-11-13-15-17-19-21-23-25-27-32-44-37(39)34-30-29-31-35(46(41,42)43)36(34)38(40)45-33-28-26-24-22-20-18-16-14-12-10-8-6-4-2;/h2*23-26,29-31H,3-22,27-28,32-33H2,1-2H3,(H,41,42,43);/q;;+2/p-2/b2*25-23+,26-24+;. The number of carbonyl (C=O) groups excluding carboxylic acids is 4. The molecule has 0 spiro atoms. The fraction of sp³-hybridized carbons (Fsp3) is 0.684. The van der Waals surface area contributed by atoms with Crippen molar-refractivity contribution in [3.63, 3.8) is 0 Å². The second kappa shape index (κ2) is 61.9. The first kappa shape index (κ1) is 89.4. The van der Waals surface area contributed by atoms with Gasteiger partial charge in [-0.1, -0.05) is 294 Å². The van der Waals surface area contributed by atoms with Crippen LogP contribution < -0.4 is 0 Å². The molecule has 93 heavy (non-hydrogen) atoms. The van der Waals surface area contributed by atoms with E-state index in [1.54, 1.807) is 0 Å². The number of allylic oxidation sites excluding steroid dienone is 4. The normalized spacial score (nSPS) is 11.8. The first-order chi connectivity index (χ1) is 44.6. The summed E-state index contributed by atoms with van der Waals surface area (Å²) in [7, 11) is -10.1. The molecule has 0 atom stereocenters. The number of ether oxygens (including phenoxy) is 4. The summed E-state index contributed by atoms with van der Waals surface area (Å²) >= 11 is 0. The fourth-order valence-corrected chi connectivity index (χ4v) is 12.0. The van der Waals surface area contributed by atoms with Gasteiger partial charge in [-0.15, -0.1) is 0 Å². The van der Waals surface area contributed by atoms with Crippen LogP contribution in [0.15, 0.2) is 94.8 Å². The monoisotopic (exact) mass is 1360 g/mol. The summed E-state index contributed by atoms with van der Waals surface area (Å²) < 4.78 is 92.5. The van der Waals surface area contributed by atoms with Crippen LogP contribution in [0.25, 0.3) is 0 Å². The van der Waals surface area contributed by atoms with Gasteiger partial charge in [0.15, 0.2) is 0 Å². The molecule has 0 N–H and O–H groups in total. The summed E-state index contributed by atoms with van der Waals surface area (Å²) in [5.41, 5.74) is -1.72. The van der Waals surface area contributed by atoms with E-state index in [9.17, 15) is 45.1 Å². The van der Waals surface area contributed by atoms with Gasteiger partial charge in [0.1, 0.15) is 20.2 Å². The molecule has 0 radical (unpaired) electrons. The van der Waals surface area contributed by atoms with Crippen LogP contribution in [-0.4, -0.2) is 114 Å². The van der Waals surface area contributed by atoms with Gasteiger partial charge in [-0.2, -0.15) is 0 Å². The number of rotatable bonds is 58. The second-order valence-corrected chi connectivity index (χ2v) is 27.0. The van der Waals surface area contributed by atoms with Crippen LogP contribution in [0.5, 0.6) is 0 Å². The molecule has 0 heterocycles. The molecule has 2 rings (SSSR count). The minimum absolute atomic E-state index is 0. The molecule has 0 aliphatic carbocycles. The zero-order valence-corrected chi connectivity index (χ0v) is 62.1. The minimum atomic E-state index is -5.03. The number of hydrogen-bond acceptors (Lipinski definition) is 14. The molecule has 2 aromatic rings. The van der Waals surface area contributed by atoms with Crippen molar-refractivity contribution in [3.8, 4) is 0 Å². The number of hydrogen-bond donors (Lipinski definition) is 0. The average Bonchev–Trinajstić information content (AvgIpc) is 0.820. The molecule has 0 amide bonds. The van der Waals surface area contributed by atoms with Crippen molar-refractivity contribution in [1.29, 1.82) is 0 Å². The van der Waals surface area contributed by atoms with E-state index in [2.05, 4.69) is 52.0 Å². The van der Waals surface area contributed by atoms with Gasteiger partial charge < -0.3 is 28.1 Å². The molecule has 0 saturated carbocycles. The minimum Gasteiger partial charge on any atom is -0.744 e. The Morgan fingerprint density at radius 3 is 0.710 bits per heavy atom. The summed E-state index contributed by atoms with van der Waals surface area (Å²) in [6.07, 6.45) is 67.6. The van der Waals surface area contributed by atoms with Crippen molar-refractivity contribution >= 4 is 81.9 Å². The molecule has 14 nitrogen and oxygen atoms in total. The molecule has 524 valence electrons. The number of esters is 4. The van der Waals surface area contributed by atoms with Gasteiger partial charge in [-0.05, 0) is 101 Å². The summed E-state index contributed by atoms with van der Waals surface area (Å²) in [5.74, 6) is -3.80. The first-order valence-electron chi connectivity index (χ1n) is 36.1. The Hall–Kier alpha value is -3.64. The van der Waals surface area contributed by atoms with Crippen molar-refractivity contribution in [3.05, 3.63) is 107 Å². The van der Waals surface area contributed by atoms with Crippen molar-refractivity contribution < 1.29 is 64.1 Å². The zero-order chi connectivity index (χ0) is 67.4. The summed E-state index contributed by atoms with van der Waals surface area (Å²) in [4.78, 5) is 49.8. The smallest absolute Gasteiger partial charge is 0.744 e. The molecule has 2 aromatic carbocycles. The maximum atomic E-state index is 12.9. The van der Waals surface area contributed by atoms with Crippen LogP contribution in [0.2, 0.25) is 0 Å². The Balaban J connectivity index is 0.00000180. The molecular formula is C76H122CaO14S2. The van der Waals surface area contributed by atoms with Crippen molar-refractivity contribution in [2.75, 3.05) is 26.4 Å². The van der Waals surface area contributed by atoms with Gasteiger partial charge in [-0.3, -0.25) is 0 Å². The zero-order valence-electron chi connectivity index (χ0n) is 58.3. The van der Waals surface area contributed by atoms with Crippen molar-refractivity contribution in [2.24, 2.45) is 0 Å². The first-order valence-corrected chi connectivity index (χ1v) is 38.9. The van der Waals surface area contributed by atoms with E-state index in [-0.39, 0.29) is 75.3 Å². The van der Waals surface area contributed by atoms with Crippen LogP contribution in [0, 0.1) is 0 Å². The molecule has 17 heteroatoms. The SMILES string of the molecule is CCCCCCCCCCC/C=C/CCOC(=O)c1cccc(S(=O)(=O)[O-])c1C(=O)OCC/C=C/CCCCCCCCCCC.CCCCCCCCCCC/C=C/CCOC(=O)c1cccc(S(=O)(=O)[O-])c1C(=O)OCC/C=C/CCCCCCCCCCC.[Ca+2]. The van der Waals surface area contributed by atoms with E-state index in [1.165, 1.54) is 230 Å². The Kier molecular flexibility index (Phi) is 59.5. The van der Waals surface area contributed by atoms with Crippen molar-refractivity contribution in [2.45, 2.75) is 320 Å². The molecule has 0 aliphatic heterocycles. The molecular weight excluding hydrogens is 1240 g/mol. The van der Waals surface area contributed by atoms with Crippen LogP contribution in [-0.2, 0) is 39.2 Å². The van der Waals surface area contributed by atoms with Gasteiger partial charge in [0.2, 0.25) is 0 Å². The summed E-state index contributed by atoms with van der Waals surface area (Å²) in [6.45, 7) is 9.06. The van der Waals surface area contributed by atoms with E-state index in [0.29, 0.717) is 25.7 Å². The summed E-state index contributed by atoms with van der Waals surface area (Å²) in [6, 6.07) is 7.07. The predicted octanol–water partition coefficient (Wildman–Crippen LogP) is 20.9. The van der Waals surface area contributed by atoms with Gasteiger partial charge in [-0.25, -0.2) is 36.0 Å². The van der Waals surface area contributed by atoms with E-state index in [4.69, 9.17) is 18.9 Å². The molecule has 0 aliphatic rings. The van der Waals surface area contributed by atoms with E-state index in [0.717, 1.165) is 63.5 Å². The third-order valence-corrected chi connectivity index (χ3v) is 17.8. The van der Waals surface area contributed by atoms with Crippen LogP contribution in [0.3, 0.4) is 0 Å². The number of benzene rings is 2. The quantitative estimate of drug-likeness (QED) is 0.0150. The Bertz CT molecular complexity index is 2400. The predicted molar refractivity (Wildman–Crippen MR) is 378 cm³/mol. The summed E-state index contributed by atoms with van der Waals surface area (Å²) in [5, 5.41) is 0. The van der Waals surface area contributed by atoms with Crippen LogP contribution >= 0.6 is 0 Å². The van der Waals surface area contributed by atoms with E-state index in [1.807, 2.05) is 24.3 Å². The number of unbranched alkanes of at least 4 members (excludes halogenated alkanes) is 36. The molecule has 0 bridgehead atoms. The van der Waals surface area contributed by atoms with Gasteiger partial charge in [0, 0.05) is 0 Å².